The van der Waals surface area contributed by atoms with E-state index >= 15 is 0 Å². The number of furan rings is 1. The van der Waals surface area contributed by atoms with Gasteiger partial charge in [0.25, 0.3) is 0 Å². The summed E-state index contributed by atoms with van der Waals surface area (Å²) >= 11 is 0. The van der Waals surface area contributed by atoms with Crippen molar-refractivity contribution in [3.63, 3.8) is 0 Å². The minimum Gasteiger partial charge on any atom is -0.456 e. The van der Waals surface area contributed by atoms with Crippen LogP contribution in [0, 0.1) is 0 Å². The van der Waals surface area contributed by atoms with Gasteiger partial charge in [0.15, 0.2) is 0 Å². The van der Waals surface area contributed by atoms with Gasteiger partial charge < -0.3 is 36.7 Å². The Morgan fingerprint density at radius 3 is 0.929 bits per heavy atom. The molecule has 0 aliphatic heterocycles. The second-order valence-corrected chi connectivity index (χ2v) is 36.5. The predicted molar refractivity (Wildman–Crippen MR) is 591 cm³/mol. The molecular formula is C132H85N7O. The molecule has 140 heavy (non-hydrogen) atoms. The van der Waals surface area contributed by atoms with Crippen LogP contribution in [0.25, 0.3) is 241 Å². The van der Waals surface area contributed by atoms with E-state index in [9.17, 15) is 0 Å². The third-order valence-electron chi connectivity index (χ3n) is 28.8. The quantitative estimate of drug-likeness (QED) is 0.130. The standard InChI is InChI=1S/C46H31N3.C46H30N2.C40H24N2O/c1-4-16-33(17-5-1)47(34-18-6-2-7-19-34)36-22-14-23-37(29-36)49-42-26-13-12-25-39(42)40-30-41-45(31-44(40)49)48(35-20-8-3-9-21-35)43-28-27-32-15-10-11-24-38(32)46(41)43;1-4-14-31(15-5-1)34-25-26-42(38(28-34)32-16-6-2-7-17-32)48-41-23-13-12-22-37(41)39-29-40-45(30-44(39)48)47(35-19-8-3-9-20-35)43-27-24-33-18-10-11-21-36(33)46(40)43;1-2-11-26(12-3-1)41-35-20-18-25-10-4-5-13-28(25)40(35)33-23-31-29-14-6-8-16-34(29)42(36(31)24-37(33)41)27-19-21-39-32(22-27)30-15-7-9-17-38(30)43-39/h1-31H;1-30H;1-24H. The molecule has 30 rings (SSSR count). The Balaban J connectivity index is 0.000000103. The van der Waals surface area contributed by atoms with Gasteiger partial charge in [-0.15, -0.1) is 0 Å². The van der Waals surface area contributed by atoms with Gasteiger partial charge in [-0.3, -0.25) is 0 Å². The fraction of sp³-hybridized carbons (Fsp3) is 0. The van der Waals surface area contributed by atoms with Gasteiger partial charge in [0.1, 0.15) is 11.2 Å². The molecule has 8 nitrogen and oxygen atoms in total. The molecule has 0 radical (unpaired) electrons. The molecule has 0 unspecified atom stereocenters. The summed E-state index contributed by atoms with van der Waals surface area (Å²) in [6.45, 7) is 0. The fourth-order valence-corrected chi connectivity index (χ4v) is 22.7. The number of nitrogens with zero attached hydrogens (tertiary/aromatic N) is 7. The van der Waals surface area contributed by atoms with E-state index in [0.29, 0.717) is 0 Å². The van der Waals surface area contributed by atoms with Crippen molar-refractivity contribution in [3.05, 3.63) is 516 Å². The third kappa shape index (κ3) is 12.8. The number of benzene rings is 23. The zero-order valence-electron chi connectivity index (χ0n) is 76.1. The zero-order valence-corrected chi connectivity index (χ0v) is 76.1. The van der Waals surface area contributed by atoms with Crippen LogP contribution in [0.5, 0.6) is 0 Å². The fourth-order valence-electron chi connectivity index (χ4n) is 22.7. The van der Waals surface area contributed by atoms with Crippen molar-refractivity contribution in [2.24, 2.45) is 0 Å². The Bertz CT molecular complexity index is 10200. The minimum atomic E-state index is 0.907. The van der Waals surface area contributed by atoms with Crippen LogP contribution in [0.3, 0.4) is 0 Å². The number of hydrogen-bond acceptors (Lipinski definition) is 2. The number of aromatic nitrogens is 6. The lowest BCUT2D eigenvalue weighted by Gasteiger charge is -2.26. The van der Waals surface area contributed by atoms with Crippen LogP contribution in [-0.4, -0.2) is 27.4 Å². The van der Waals surface area contributed by atoms with Crippen LogP contribution in [0.2, 0.25) is 0 Å². The average Bonchev–Trinajstić information content (AvgIpc) is 1.51. The highest BCUT2D eigenvalue weighted by Crippen LogP contribution is 2.50. The van der Waals surface area contributed by atoms with Crippen LogP contribution in [-0.2, 0) is 0 Å². The van der Waals surface area contributed by atoms with Crippen LogP contribution in [0.1, 0.15) is 0 Å². The first-order valence-electron chi connectivity index (χ1n) is 48.0. The van der Waals surface area contributed by atoms with Crippen molar-refractivity contribution < 1.29 is 4.42 Å². The van der Waals surface area contributed by atoms with Crippen molar-refractivity contribution in [2.45, 2.75) is 0 Å². The second-order valence-electron chi connectivity index (χ2n) is 36.5. The summed E-state index contributed by atoms with van der Waals surface area (Å²) in [6, 6.07) is 186. The first-order chi connectivity index (χ1) is 69.5. The summed E-state index contributed by atoms with van der Waals surface area (Å²) < 4.78 is 20.8. The van der Waals surface area contributed by atoms with Gasteiger partial charge in [-0.05, 0) is 237 Å². The van der Waals surface area contributed by atoms with Gasteiger partial charge in [-0.2, -0.15) is 0 Å². The normalized spacial score (nSPS) is 11.9. The van der Waals surface area contributed by atoms with Crippen LogP contribution < -0.4 is 4.90 Å². The van der Waals surface area contributed by atoms with E-state index < -0.39 is 0 Å². The van der Waals surface area contributed by atoms with Gasteiger partial charge >= 0.3 is 0 Å². The molecule has 0 aliphatic rings. The van der Waals surface area contributed by atoms with Crippen molar-refractivity contribution in [3.8, 4) is 56.4 Å². The SMILES string of the molecule is c1ccc(-c2ccc(-n3c4ccccc4c4cc5c6c7ccccc7ccc6n(-c6ccccc6)c5cc43)c(-c3ccccc3)c2)cc1.c1ccc(-n2c3cc4c(cc3c3c5ccccc5ccc32)c2ccccc2n4-c2ccc3oc4ccccc4c3c2)cc1.c1ccc(N(c2ccccc2)c2cccc(-n3c4ccccc4c4cc5c6c7ccccc7ccc6n(-c6ccccc6)c5cc43)c2)cc1. The maximum absolute atomic E-state index is 6.18. The van der Waals surface area contributed by atoms with E-state index in [1.807, 2.05) is 12.1 Å². The molecule has 30 aromatic rings. The summed E-state index contributed by atoms with van der Waals surface area (Å²) in [6.07, 6.45) is 0. The summed E-state index contributed by atoms with van der Waals surface area (Å²) in [4.78, 5) is 2.33. The van der Waals surface area contributed by atoms with Crippen LogP contribution >= 0.6 is 0 Å². The molecule has 0 bridgehead atoms. The second kappa shape index (κ2) is 32.5. The van der Waals surface area contributed by atoms with Gasteiger partial charge in [-0.1, -0.05) is 328 Å². The zero-order chi connectivity index (χ0) is 92.0. The predicted octanol–water partition coefficient (Wildman–Crippen LogP) is 35.8. The first-order valence-corrected chi connectivity index (χ1v) is 48.0. The van der Waals surface area contributed by atoms with Gasteiger partial charge in [0, 0.05) is 126 Å². The Morgan fingerprint density at radius 2 is 0.479 bits per heavy atom. The minimum absolute atomic E-state index is 0.907. The molecule has 654 valence electrons. The Kier molecular flexibility index (Phi) is 18.5. The summed E-state index contributed by atoms with van der Waals surface area (Å²) in [5, 5.41) is 25.0. The lowest BCUT2D eigenvalue weighted by molar-refractivity contribution is 0.669. The van der Waals surface area contributed by atoms with E-state index in [4.69, 9.17) is 4.42 Å². The molecule has 23 aromatic carbocycles. The highest BCUT2D eigenvalue weighted by atomic mass is 16.3. The molecule has 0 saturated carbocycles. The maximum atomic E-state index is 6.18. The molecule has 7 aromatic heterocycles. The highest BCUT2D eigenvalue weighted by Gasteiger charge is 2.27. The summed E-state index contributed by atoms with van der Waals surface area (Å²) in [7, 11) is 0. The first kappa shape index (κ1) is 79.8. The Morgan fingerprint density at radius 1 is 0.150 bits per heavy atom. The summed E-state index contributed by atoms with van der Waals surface area (Å²) in [5.74, 6) is 0. The Hall–Kier alpha value is -18.8. The maximum Gasteiger partial charge on any atom is 0.135 e. The molecule has 0 spiro atoms. The lowest BCUT2D eigenvalue weighted by atomic mass is 9.97. The molecule has 8 heteroatoms. The highest BCUT2D eigenvalue weighted by molar-refractivity contribution is 6.29. The van der Waals surface area contributed by atoms with E-state index in [1.165, 1.54) is 191 Å². The molecule has 0 fully saturated rings. The van der Waals surface area contributed by atoms with E-state index in [-0.39, 0.29) is 0 Å². The molecule has 0 amide bonds. The van der Waals surface area contributed by atoms with Crippen LogP contribution in [0.4, 0.5) is 17.1 Å². The molecule has 7 heterocycles. The molecule has 0 aliphatic carbocycles. The smallest absolute Gasteiger partial charge is 0.135 e. The molecule has 0 N–H and O–H groups in total. The number of para-hydroxylation sites is 9. The van der Waals surface area contributed by atoms with Gasteiger partial charge in [0.2, 0.25) is 0 Å². The monoisotopic (exact) mass is 1780 g/mol. The molecule has 0 atom stereocenters. The van der Waals surface area contributed by atoms with Crippen molar-refractivity contribution in [2.75, 3.05) is 4.90 Å². The van der Waals surface area contributed by atoms with E-state index in [1.54, 1.807) is 0 Å². The summed E-state index contributed by atoms with van der Waals surface area (Å²) in [5.41, 5.74) is 31.2. The van der Waals surface area contributed by atoms with E-state index in [2.05, 4.69) is 536 Å². The topological polar surface area (TPSA) is 46.0 Å². The van der Waals surface area contributed by atoms with E-state index in [0.717, 1.165) is 67.4 Å². The lowest BCUT2D eigenvalue weighted by Crippen LogP contribution is -2.10. The number of fused-ring (bicyclic) bond motifs is 27. The average molecular weight is 1790 g/mol. The van der Waals surface area contributed by atoms with Crippen molar-refractivity contribution in [1.29, 1.82) is 0 Å². The molecule has 0 saturated heterocycles. The molecular weight excluding hydrogens is 1700 g/mol. The van der Waals surface area contributed by atoms with Crippen LogP contribution in [0.15, 0.2) is 520 Å². The Labute approximate surface area is 805 Å². The number of anilines is 3. The van der Waals surface area contributed by atoms with Crippen molar-refractivity contribution in [1.82, 2.24) is 27.4 Å². The number of rotatable bonds is 11. The number of hydrogen-bond donors (Lipinski definition) is 0. The van der Waals surface area contributed by atoms with Gasteiger partial charge in [0.05, 0.1) is 71.9 Å². The largest absolute Gasteiger partial charge is 0.456 e. The van der Waals surface area contributed by atoms with Gasteiger partial charge in [-0.25, -0.2) is 0 Å². The third-order valence-corrected chi connectivity index (χ3v) is 28.8. The van der Waals surface area contributed by atoms with Crippen molar-refractivity contribution >= 4 is 202 Å².